The molecule has 0 bridgehead atoms. The fraction of sp³-hybridized carbons (Fsp3) is 0.462. The lowest BCUT2D eigenvalue weighted by Gasteiger charge is -2.13. The van der Waals surface area contributed by atoms with E-state index in [1.165, 1.54) is 12.1 Å². The maximum atomic E-state index is 13.5. The average molecular weight is 273 g/mol. The number of likely N-dealkylation sites (N-methyl/N-ethyl adjacent to an activating group) is 1. The van der Waals surface area contributed by atoms with Gasteiger partial charge in [-0.05, 0) is 25.6 Å². The summed E-state index contributed by atoms with van der Waals surface area (Å²) in [5.74, 6) is -0.677. The third kappa shape index (κ3) is 4.63. The van der Waals surface area contributed by atoms with Crippen LogP contribution in [0.25, 0.3) is 0 Å². The van der Waals surface area contributed by atoms with Crippen molar-refractivity contribution in [2.75, 3.05) is 13.1 Å². The van der Waals surface area contributed by atoms with Gasteiger partial charge in [0.05, 0.1) is 6.42 Å². The Hall–Kier alpha value is -1.13. The normalized spacial score (nSPS) is 12.2. The lowest BCUT2D eigenvalue weighted by atomic mass is 10.1. The molecule has 100 valence electrons. The van der Waals surface area contributed by atoms with E-state index in [-0.39, 0.29) is 29.0 Å². The first-order chi connectivity index (χ1) is 8.54. The summed E-state index contributed by atoms with van der Waals surface area (Å²) < 4.78 is 13.5. The second kappa shape index (κ2) is 7.34. The molecule has 1 aromatic rings. The molecule has 18 heavy (non-hydrogen) atoms. The van der Waals surface area contributed by atoms with Crippen LogP contribution in [0.15, 0.2) is 18.2 Å². The number of hydrogen-bond acceptors (Lipinski definition) is 2. The highest BCUT2D eigenvalue weighted by molar-refractivity contribution is 6.31. The monoisotopic (exact) mass is 272 g/mol. The zero-order valence-corrected chi connectivity index (χ0v) is 11.4. The fourth-order valence-electron chi connectivity index (χ4n) is 1.61. The number of nitrogens with one attached hydrogen (secondary N) is 2. The van der Waals surface area contributed by atoms with Crippen molar-refractivity contribution in [2.24, 2.45) is 0 Å². The highest BCUT2D eigenvalue weighted by atomic mass is 35.5. The molecule has 0 unspecified atom stereocenters. The van der Waals surface area contributed by atoms with Crippen LogP contribution in [0.5, 0.6) is 0 Å². The second-order valence-electron chi connectivity index (χ2n) is 4.14. The minimum Gasteiger partial charge on any atom is -0.354 e. The first-order valence-electron chi connectivity index (χ1n) is 5.97. The van der Waals surface area contributed by atoms with Crippen molar-refractivity contribution in [2.45, 2.75) is 26.3 Å². The number of rotatable bonds is 6. The summed E-state index contributed by atoms with van der Waals surface area (Å²) in [5, 5.41) is 6.20. The van der Waals surface area contributed by atoms with Gasteiger partial charge in [0, 0.05) is 23.2 Å². The molecule has 1 amide bonds. The van der Waals surface area contributed by atoms with E-state index in [4.69, 9.17) is 11.6 Å². The van der Waals surface area contributed by atoms with Gasteiger partial charge in [0.2, 0.25) is 5.91 Å². The van der Waals surface area contributed by atoms with Crippen molar-refractivity contribution in [3.8, 4) is 0 Å². The van der Waals surface area contributed by atoms with Crippen molar-refractivity contribution in [1.82, 2.24) is 10.6 Å². The predicted octanol–water partition coefficient (Wildman–Crippen LogP) is 2.14. The molecule has 0 aromatic heterocycles. The Balaban J connectivity index is 2.50. The zero-order chi connectivity index (χ0) is 13.5. The molecule has 0 saturated carbocycles. The van der Waals surface area contributed by atoms with E-state index in [1.54, 1.807) is 6.07 Å². The molecule has 0 aliphatic carbocycles. The summed E-state index contributed by atoms with van der Waals surface area (Å²) >= 11 is 5.85. The second-order valence-corrected chi connectivity index (χ2v) is 4.55. The molecule has 1 rings (SSSR count). The Bertz CT molecular complexity index is 392. The molecule has 0 aliphatic heterocycles. The molecule has 0 heterocycles. The van der Waals surface area contributed by atoms with Gasteiger partial charge < -0.3 is 10.6 Å². The van der Waals surface area contributed by atoms with Gasteiger partial charge >= 0.3 is 0 Å². The Morgan fingerprint density at radius 3 is 2.83 bits per heavy atom. The molecule has 3 nitrogen and oxygen atoms in total. The van der Waals surface area contributed by atoms with Crippen LogP contribution in [0.1, 0.15) is 19.4 Å². The highest BCUT2D eigenvalue weighted by Crippen LogP contribution is 2.19. The average Bonchev–Trinajstić information content (AvgIpc) is 2.32. The Morgan fingerprint density at radius 2 is 2.22 bits per heavy atom. The van der Waals surface area contributed by atoms with Crippen molar-refractivity contribution >= 4 is 17.5 Å². The molecule has 1 aromatic carbocycles. The third-order valence-electron chi connectivity index (χ3n) is 2.56. The van der Waals surface area contributed by atoms with Crippen LogP contribution < -0.4 is 10.6 Å². The van der Waals surface area contributed by atoms with E-state index in [9.17, 15) is 9.18 Å². The van der Waals surface area contributed by atoms with Crippen LogP contribution in [0.3, 0.4) is 0 Å². The van der Waals surface area contributed by atoms with Gasteiger partial charge in [0.1, 0.15) is 5.82 Å². The third-order valence-corrected chi connectivity index (χ3v) is 2.91. The first-order valence-corrected chi connectivity index (χ1v) is 6.35. The van der Waals surface area contributed by atoms with Crippen molar-refractivity contribution in [1.29, 1.82) is 0 Å². The van der Waals surface area contributed by atoms with Crippen LogP contribution in [0.2, 0.25) is 5.02 Å². The Labute approximate surface area is 112 Å². The lowest BCUT2D eigenvalue weighted by molar-refractivity contribution is -0.120. The molecule has 0 radical (unpaired) electrons. The van der Waals surface area contributed by atoms with E-state index in [0.29, 0.717) is 6.54 Å². The maximum absolute atomic E-state index is 13.5. The van der Waals surface area contributed by atoms with Gasteiger partial charge in [-0.15, -0.1) is 0 Å². The fourth-order valence-corrected chi connectivity index (χ4v) is 1.84. The van der Waals surface area contributed by atoms with Gasteiger partial charge in [0.25, 0.3) is 0 Å². The van der Waals surface area contributed by atoms with Crippen LogP contribution in [-0.2, 0) is 11.2 Å². The molecule has 1 atom stereocenters. The number of hydrogen-bond donors (Lipinski definition) is 2. The molecule has 5 heteroatoms. The van der Waals surface area contributed by atoms with E-state index in [2.05, 4.69) is 10.6 Å². The van der Waals surface area contributed by atoms with Crippen molar-refractivity contribution in [3.05, 3.63) is 34.6 Å². The molecule has 0 saturated heterocycles. The van der Waals surface area contributed by atoms with E-state index >= 15 is 0 Å². The highest BCUT2D eigenvalue weighted by Gasteiger charge is 2.12. The minimum atomic E-state index is -0.447. The number of carbonyl (C=O) groups is 1. The van der Waals surface area contributed by atoms with Gasteiger partial charge in [-0.3, -0.25) is 4.79 Å². The quantitative estimate of drug-likeness (QED) is 0.833. The van der Waals surface area contributed by atoms with Gasteiger partial charge in [-0.25, -0.2) is 4.39 Å². The largest absolute Gasteiger partial charge is 0.354 e. The molecule has 0 fully saturated rings. The smallest absolute Gasteiger partial charge is 0.224 e. The number of carbonyl (C=O) groups excluding carboxylic acids is 1. The minimum absolute atomic E-state index is 0.0373. The van der Waals surface area contributed by atoms with Crippen molar-refractivity contribution in [3.63, 3.8) is 0 Å². The SMILES string of the molecule is CCN[C@H](C)CNC(=O)Cc1c(F)cccc1Cl. The Kier molecular flexibility index (Phi) is 6.09. The molecule has 2 N–H and O–H groups in total. The zero-order valence-electron chi connectivity index (χ0n) is 10.6. The summed E-state index contributed by atoms with van der Waals surface area (Å²) in [7, 11) is 0. The molecular formula is C13H18ClFN2O. The van der Waals surface area contributed by atoms with Crippen molar-refractivity contribution < 1.29 is 9.18 Å². The van der Waals surface area contributed by atoms with E-state index in [1.807, 2.05) is 13.8 Å². The van der Waals surface area contributed by atoms with Crippen LogP contribution in [0, 0.1) is 5.82 Å². The Morgan fingerprint density at radius 1 is 1.50 bits per heavy atom. The first kappa shape index (κ1) is 14.9. The van der Waals surface area contributed by atoms with Crippen LogP contribution >= 0.6 is 11.6 Å². The van der Waals surface area contributed by atoms with Gasteiger partial charge in [-0.2, -0.15) is 0 Å². The van der Waals surface area contributed by atoms with Crippen LogP contribution in [-0.4, -0.2) is 25.0 Å². The summed E-state index contributed by atoms with van der Waals surface area (Å²) in [6.45, 7) is 5.33. The summed E-state index contributed by atoms with van der Waals surface area (Å²) in [6.07, 6.45) is -0.0373. The summed E-state index contributed by atoms with van der Waals surface area (Å²) in [6, 6.07) is 4.59. The molecule has 0 spiro atoms. The molecule has 0 aliphatic rings. The maximum Gasteiger partial charge on any atom is 0.224 e. The van der Waals surface area contributed by atoms with E-state index < -0.39 is 5.82 Å². The molecular weight excluding hydrogens is 255 g/mol. The summed E-state index contributed by atoms with van der Waals surface area (Å²) in [4.78, 5) is 11.7. The number of halogens is 2. The van der Waals surface area contributed by atoms with E-state index in [0.717, 1.165) is 6.54 Å². The van der Waals surface area contributed by atoms with Gasteiger partial charge in [-0.1, -0.05) is 24.6 Å². The standard InChI is InChI=1S/C13H18ClFN2O/c1-3-16-9(2)8-17-13(18)7-10-11(14)5-4-6-12(10)15/h4-6,9,16H,3,7-8H2,1-2H3,(H,17,18)/t9-/m1/s1. The topological polar surface area (TPSA) is 41.1 Å². The predicted molar refractivity (Wildman–Crippen MR) is 71.3 cm³/mol. The lowest BCUT2D eigenvalue weighted by Crippen LogP contribution is -2.39. The van der Waals surface area contributed by atoms with Crippen LogP contribution in [0.4, 0.5) is 4.39 Å². The van der Waals surface area contributed by atoms with Gasteiger partial charge in [0.15, 0.2) is 0 Å². The summed E-state index contributed by atoms with van der Waals surface area (Å²) in [5.41, 5.74) is 0.243. The number of benzene rings is 1. The number of amides is 1.